The zero-order valence-electron chi connectivity index (χ0n) is 34.9. The first kappa shape index (κ1) is 36.3. The Morgan fingerprint density at radius 2 is 0.953 bits per heavy atom. The van der Waals surface area contributed by atoms with E-state index in [1.807, 2.05) is 0 Å². The number of allylic oxidation sites excluding steroid dienone is 2. The molecule has 2 aliphatic carbocycles. The standard InChI is InChI=1S/C59H39N5/c60-35-48-56(47-34-33-37-17-1-2-18-38(37)39-19-3-4-20-40(39)47)59(64-54-31-15-9-25-45(54)46-26-10-16-32-55(46)64)58(63-52-29-13-7-23-43(52)44-24-8-14-30-53(44)63)49(36-61)57(48)62-50-27-11-5-21-41(50)42-22-6-12-28-51(42)62/h1-32,43,47,52H,33-34H2. The van der Waals surface area contributed by atoms with E-state index in [2.05, 4.69) is 220 Å². The maximum Gasteiger partial charge on any atom is 0.104 e. The zero-order chi connectivity index (χ0) is 42.5. The number of nitrogens with zero attached hydrogens (tertiary/aromatic N) is 5. The van der Waals surface area contributed by atoms with Gasteiger partial charge in [0.1, 0.15) is 17.7 Å². The second-order valence-corrected chi connectivity index (χ2v) is 17.2. The van der Waals surface area contributed by atoms with Gasteiger partial charge in [0.05, 0.1) is 50.7 Å². The van der Waals surface area contributed by atoms with Crippen molar-refractivity contribution < 1.29 is 0 Å². The summed E-state index contributed by atoms with van der Waals surface area (Å²) in [6.45, 7) is 0. The van der Waals surface area contributed by atoms with Crippen LogP contribution in [-0.2, 0) is 6.42 Å². The molecule has 300 valence electrons. The van der Waals surface area contributed by atoms with Crippen molar-refractivity contribution in [2.45, 2.75) is 30.7 Å². The Bertz CT molecular complexity index is 3640. The first-order chi connectivity index (χ1) is 31.7. The summed E-state index contributed by atoms with van der Waals surface area (Å²) in [5.41, 5.74) is 15.3. The van der Waals surface area contributed by atoms with E-state index in [0.29, 0.717) is 16.8 Å². The van der Waals surface area contributed by atoms with Gasteiger partial charge in [0, 0.05) is 44.6 Å². The van der Waals surface area contributed by atoms with Gasteiger partial charge in [0.15, 0.2) is 0 Å². The molecule has 0 amide bonds. The number of para-hydroxylation sites is 5. The summed E-state index contributed by atoms with van der Waals surface area (Å²) in [5.74, 6) is -0.176. The number of hydrogen-bond acceptors (Lipinski definition) is 3. The quantitative estimate of drug-likeness (QED) is 0.178. The molecule has 0 bridgehead atoms. The van der Waals surface area contributed by atoms with Gasteiger partial charge in [-0.15, -0.1) is 0 Å². The Labute approximate surface area is 370 Å². The number of nitriles is 2. The van der Waals surface area contributed by atoms with E-state index in [-0.39, 0.29) is 17.9 Å². The second kappa shape index (κ2) is 14.1. The van der Waals surface area contributed by atoms with Crippen molar-refractivity contribution in [2.24, 2.45) is 0 Å². The number of fused-ring (bicyclic) bond motifs is 12. The number of rotatable bonds is 4. The van der Waals surface area contributed by atoms with Gasteiger partial charge in [-0.25, -0.2) is 0 Å². The lowest BCUT2D eigenvalue weighted by atomic mass is 9.80. The minimum Gasteiger partial charge on any atom is -0.330 e. The number of aromatic nitrogens is 2. The third-order valence-electron chi connectivity index (χ3n) is 14.2. The topological polar surface area (TPSA) is 60.7 Å². The highest BCUT2D eigenvalue weighted by Crippen LogP contribution is 2.56. The fraction of sp³-hybridized carbons (Fsp3) is 0.0847. The molecule has 0 spiro atoms. The SMILES string of the molecule is N#Cc1c(C2CCc3ccccc3-c3ccccc32)c(-n2c3ccccc3c3ccccc32)c(N2c3ccccc3C3C=CC=CC32)c(C#N)c1-n1c2ccccc2c2ccccc21. The molecule has 3 unspecified atom stereocenters. The summed E-state index contributed by atoms with van der Waals surface area (Å²) in [5, 5.41) is 28.8. The molecular weight excluding hydrogens is 779 g/mol. The first-order valence-electron chi connectivity index (χ1n) is 22.2. The summed E-state index contributed by atoms with van der Waals surface area (Å²) in [4.78, 5) is 2.44. The molecule has 8 aromatic carbocycles. The Morgan fingerprint density at radius 3 is 1.58 bits per heavy atom. The van der Waals surface area contributed by atoms with Crippen LogP contribution in [0.15, 0.2) is 194 Å². The molecule has 3 aliphatic rings. The van der Waals surface area contributed by atoms with Crippen molar-refractivity contribution in [2.75, 3.05) is 4.90 Å². The van der Waals surface area contributed by atoms with Gasteiger partial charge in [-0.05, 0) is 71.0 Å². The molecule has 0 fully saturated rings. The average molecular weight is 818 g/mol. The van der Waals surface area contributed by atoms with E-state index in [9.17, 15) is 10.5 Å². The molecule has 0 N–H and O–H groups in total. The van der Waals surface area contributed by atoms with Gasteiger partial charge in [0.2, 0.25) is 0 Å². The Morgan fingerprint density at radius 1 is 0.453 bits per heavy atom. The van der Waals surface area contributed by atoms with Crippen LogP contribution >= 0.6 is 0 Å². The lowest BCUT2D eigenvalue weighted by Gasteiger charge is -2.36. The minimum atomic E-state index is -0.234. The van der Waals surface area contributed by atoms with Gasteiger partial charge >= 0.3 is 0 Å². The van der Waals surface area contributed by atoms with Crippen molar-refractivity contribution in [1.29, 1.82) is 10.5 Å². The Kier molecular flexibility index (Phi) is 7.98. The van der Waals surface area contributed by atoms with Gasteiger partial charge in [0.25, 0.3) is 0 Å². The van der Waals surface area contributed by atoms with Crippen LogP contribution in [0.4, 0.5) is 11.4 Å². The van der Waals surface area contributed by atoms with Crippen LogP contribution in [0.3, 0.4) is 0 Å². The lowest BCUT2D eigenvalue weighted by Crippen LogP contribution is -2.31. The van der Waals surface area contributed by atoms with Gasteiger partial charge < -0.3 is 14.0 Å². The molecule has 0 saturated carbocycles. The van der Waals surface area contributed by atoms with Crippen molar-refractivity contribution >= 4 is 55.0 Å². The van der Waals surface area contributed by atoms with E-state index in [4.69, 9.17) is 0 Å². The molecule has 13 rings (SSSR count). The number of anilines is 2. The van der Waals surface area contributed by atoms with E-state index in [1.54, 1.807) is 0 Å². The molecule has 0 saturated heterocycles. The largest absolute Gasteiger partial charge is 0.330 e. The minimum absolute atomic E-state index is 0.0580. The average Bonchev–Trinajstić information content (AvgIpc) is 3.95. The predicted molar refractivity (Wildman–Crippen MR) is 260 cm³/mol. The molecule has 2 aromatic heterocycles. The van der Waals surface area contributed by atoms with Crippen molar-refractivity contribution in [1.82, 2.24) is 9.13 Å². The van der Waals surface area contributed by atoms with Gasteiger partial charge in [-0.1, -0.05) is 164 Å². The van der Waals surface area contributed by atoms with Crippen LogP contribution in [0.2, 0.25) is 0 Å². The molecule has 0 radical (unpaired) electrons. The van der Waals surface area contributed by atoms with Crippen LogP contribution in [0.1, 0.15) is 51.6 Å². The third kappa shape index (κ3) is 4.98. The molecular formula is C59H39N5. The molecule has 64 heavy (non-hydrogen) atoms. The predicted octanol–water partition coefficient (Wildman–Crippen LogP) is 14.1. The van der Waals surface area contributed by atoms with Gasteiger partial charge in [-0.2, -0.15) is 10.5 Å². The van der Waals surface area contributed by atoms with Crippen LogP contribution in [0.5, 0.6) is 0 Å². The molecule has 10 aromatic rings. The van der Waals surface area contributed by atoms with E-state index in [0.717, 1.165) is 79.1 Å². The molecule has 3 heterocycles. The van der Waals surface area contributed by atoms with Crippen molar-refractivity contribution in [3.63, 3.8) is 0 Å². The highest BCUT2D eigenvalue weighted by Gasteiger charge is 2.43. The summed E-state index contributed by atoms with van der Waals surface area (Å²) in [6, 6.07) is 65.9. The van der Waals surface area contributed by atoms with Crippen LogP contribution in [0.25, 0.3) is 66.1 Å². The van der Waals surface area contributed by atoms with Crippen LogP contribution in [0, 0.1) is 22.7 Å². The van der Waals surface area contributed by atoms with Crippen molar-refractivity contribution in [3.8, 4) is 34.6 Å². The summed E-state index contributed by atoms with van der Waals surface area (Å²) < 4.78 is 4.61. The number of hydrogen-bond donors (Lipinski definition) is 0. The fourth-order valence-corrected chi connectivity index (χ4v) is 11.6. The second-order valence-electron chi connectivity index (χ2n) is 17.2. The van der Waals surface area contributed by atoms with E-state index < -0.39 is 0 Å². The normalized spacial score (nSPS) is 17.2. The maximum atomic E-state index is 12.2. The molecule has 3 atom stereocenters. The number of benzene rings is 8. The van der Waals surface area contributed by atoms with E-state index >= 15 is 0 Å². The Hall–Kier alpha value is -8.38. The summed E-state index contributed by atoms with van der Waals surface area (Å²) >= 11 is 0. The van der Waals surface area contributed by atoms with Crippen molar-refractivity contribution in [3.05, 3.63) is 228 Å². The Balaban J connectivity index is 1.30. The summed E-state index contributed by atoms with van der Waals surface area (Å²) in [7, 11) is 0. The van der Waals surface area contributed by atoms with E-state index in [1.165, 1.54) is 27.8 Å². The summed E-state index contributed by atoms with van der Waals surface area (Å²) in [6.07, 6.45) is 10.5. The number of aryl methyl sites for hydroxylation is 1. The highest BCUT2D eigenvalue weighted by atomic mass is 15.2. The maximum absolute atomic E-state index is 12.2. The smallest absolute Gasteiger partial charge is 0.104 e. The zero-order valence-corrected chi connectivity index (χ0v) is 34.9. The molecule has 5 nitrogen and oxygen atoms in total. The van der Waals surface area contributed by atoms with Gasteiger partial charge in [-0.3, -0.25) is 0 Å². The fourth-order valence-electron chi connectivity index (χ4n) is 11.6. The monoisotopic (exact) mass is 817 g/mol. The lowest BCUT2D eigenvalue weighted by molar-refractivity contribution is 0.714. The first-order valence-corrected chi connectivity index (χ1v) is 22.2. The molecule has 1 aliphatic heterocycles. The third-order valence-corrected chi connectivity index (χ3v) is 14.2. The van der Waals surface area contributed by atoms with Crippen LogP contribution < -0.4 is 4.90 Å². The van der Waals surface area contributed by atoms with Crippen LogP contribution in [-0.4, -0.2) is 15.2 Å². The molecule has 5 heteroatoms. The highest BCUT2D eigenvalue weighted by molar-refractivity contribution is 6.12.